The van der Waals surface area contributed by atoms with Crippen LogP contribution in [0.15, 0.2) is 47.1 Å². The molecule has 0 spiro atoms. The number of nitrogens with zero attached hydrogens (tertiary/aromatic N) is 1. The Morgan fingerprint density at radius 1 is 1.25 bits per heavy atom. The number of rotatable bonds is 2. The summed E-state index contributed by atoms with van der Waals surface area (Å²) in [6, 6.07) is 13.7. The summed E-state index contributed by atoms with van der Waals surface area (Å²) in [4.78, 5) is 3.05. The van der Waals surface area contributed by atoms with Crippen LogP contribution in [0.5, 0.6) is 0 Å². The predicted molar refractivity (Wildman–Crippen MR) is 68.4 cm³/mol. The molecule has 0 unspecified atom stereocenters. The van der Waals surface area contributed by atoms with E-state index in [1.165, 1.54) is 0 Å². The third kappa shape index (κ3) is 2.23. The lowest BCUT2D eigenvalue weighted by atomic mass is 10.1. The molecule has 0 aliphatic rings. The lowest BCUT2D eigenvalue weighted by molar-refractivity contribution is 1.38. The van der Waals surface area contributed by atoms with Crippen LogP contribution in [-0.4, -0.2) is 4.98 Å². The van der Waals surface area contributed by atoms with Crippen molar-refractivity contribution in [3.8, 4) is 6.07 Å². The Balaban J connectivity index is 2.46. The molecular formula is C13H9BrN2. The number of aromatic amines is 1. The van der Waals surface area contributed by atoms with E-state index in [2.05, 4.69) is 27.0 Å². The highest BCUT2D eigenvalue weighted by Crippen LogP contribution is 2.24. The lowest BCUT2D eigenvalue weighted by Gasteiger charge is -2.01. The minimum Gasteiger partial charge on any atom is -0.362 e. The second-order valence-electron chi connectivity index (χ2n) is 3.28. The highest BCUT2D eigenvalue weighted by atomic mass is 79.9. The molecule has 2 nitrogen and oxygen atoms in total. The van der Waals surface area contributed by atoms with Gasteiger partial charge in [-0.15, -0.1) is 0 Å². The van der Waals surface area contributed by atoms with Gasteiger partial charge in [0.05, 0.1) is 11.6 Å². The molecule has 0 bridgehead atoms. The molecule has 1 N–H and O–H groups in total. The number of nitriles is 1. The van der Waals surface area contributed by atoms with Crippen LogP contribution in [0.2, 0.25) is 0 Å². The smallest absolute Gasteiger partial charge is 0.0999 e. The predicted octanol–water partition coefficient (Wildman–Crippen LogP) is 3.84. The maximum atomic E-state index is 9.15. The minimum absolute atomic E-state index is 0.634. The van der Waals surface area contributed by atoms with Gasteiger partial charge in [0.1, 0.15) is 0 Å². The molecule has 2 aromatic rings. The monoisotopic (exact) mass is 272 g/mol. The summed E-state index contributed by atoms with van der Waals surface area (Å²) >= 11 is 3.44. The number of nitrogens with one attached hydrogen (secondary N) is 1. The van der Waals surface area contributed by atoms with Crippen molar-refractivity contribution < 1.29 is 0 Å². The van der Waals surface area contributed by atoms with E-state index in [4.69, 9.17) is 5.26 Å². The topological polar surface area (TPSA) is 39.6 Å². The molecule has 0 fully saturated rings. The molecule has 1 aromatic heterocycles. The van der Waals surface area contributed by atoms with Crippen molar-refractivity contribution in [3.63, 3.8) is 0 Å². The second kappa shape index (κ2) is 4.82. The van der Waals surface area contributed by atoms with Crippen LogP contribution < -0.4 is 0 Å². The van der Waals surface area contributed by atoms with Crippen molar-refractivity contribution >= 4 is 27.6 Å². The average molecular weight is 273 g/mol. The third-order valence-electron chi connectivity index (χ3n) is 2.21. The maximum absolute atomic E-state index is 9.15. The first kappa shape index (κ1) is 10.7. The summed E-state index contributed by atoms with van der Waals surface area (Å²) < 4.78 is 0.925. The zero-order valence-corrected chi connectivity index (χ0v) is 10.0. The van der Waals surface area contributed by atoms with E-state index in [0.717, 1.165) is 15.7 Å². The first-order valence-corrected chi connectivity index (χ1v) is 5.60. The molecule has 1 heterocycles. The molecule has 0 saturated carbocycles. The number of hydrogen-bond acceptors (Lipinski definition) is 1. The fourth-order valence-corrected chi connectivity index (χ4v) is 1.94. The van der Waals surface area contributed by atoms with Crippen LogP contribution in [0.1, 0.15) is 11.3 Å². The number of H-pyrrole nitrogens is 1. The van der Waals surface area contributed by atoms with Gasteiger partial charge in [0.2, 0.25) is 0 Å². The van der Waals surface area contributed by atoms with Gasteiger partial charge >= 0.3 is 0 Å². The Labute approximate surface area is 102 Å². The Morgan fingerprint density at radius 2 is 2.06 bits per heavy atom. The van der Waals surface area contributed by atoms with E-state index in [1.54, 1.807) is 0 Å². The van der Waals surface area contributed by atoms with E-state index in [1.807, 2.05) is 48.7 Å². The van der Waals surface area contributed by atoms with Gasteiger partial charge in [-0.05, 0) is 24.3 Å². The van der Waals surface area contributed by atoms with Gasteiger partial charge in [-0.25, -0.2) is 0 Å². The van der Waals surface area contributed by atoms with Crippen LogP contribution in [-0.2, 0) is 0 Å². The van der Waals surface area contributed by atoms with Crippen molar-refractivity contribution in [2.45, 2.75) is 0 Å². The van der Waals surface area contributed by atoms with E-state index >= 15 is 0 Å². The van der Waals surface area contributed by atoms with Crippen LogP contribution in [0.4, 0.5) is 0 Å². The fraction of sp³-hybridized carbons (Fsp3) is 0. The SMILES string of the molecule is N#C/C(=C\c1ccc[nH]1)c1ccccc1Br. The van der Waals surface area contributed by atoms with Gasteiger partial charge in [0.15, 0.2) is 0 Å². The molecule has 16 heavy (non-hydrogen) atoms. The summed E-state index contributed by atoms with van der Waals surface area (Å²) in [7, 11) is 0. The molecule has 1 aromatic carbocycles. The van der Waals surface area contributed by atoms with Crippen LogP contribution in [0.25, 0.3) is 11.6 Å². The van der Waals surface area contributed by atoms with Crippen molar-refractivity contribution in [1.29, 1.82) is 5.26 Å². The summed E-state index contributed by atoms with van der Waals surface area (Å²) in [6.07, 6.45) is 3.67. The van der Waals surface area contributed by atoms with Crippen LogP contribution in [0, 0.1) is 11.3 Å². The molecule has 0 aliphatic carbocycles. The van der Waals surface area contributed by atoms with Gasteiger partial charge in [-0.3, -0.25) is 0 Å². The van der Waals surface area contributed by atoms with Gasteiger partial charge in [0, 0.05) is 21.9 Å². The maximum Gasteiger partial charge on any atom is 0.0999 e. The number of allylic oxidation sites excluding steroid dienone is 1. The quantitative estimate of drug-likeness (QED) is 0.829. The standard InChI is InChI=1S/C13H9BrN2/c14-13-6-2-1-5-12(13)10(9-15)8-11-4-3-7-16-11/h1-8,16H/b10-8+. The van der Waals surface area contributed by atoms with Crippen molar-refractivity contribution in [3.05, 3.63) is 58.3 Å². The molecule has 0 saturated heterocycles. The molecule has 0 aliphatic heterocycles. The first-order chi connectivity index (χ1) is 7.81. The van der Waals surface area contributed by atoms with E-state index in [-0.39, 0.29) is 0 Å². The average Bonchev–Trinajstić information content (AvgIpc) is 2.80. The van der Waals surface area contributed by atoms with Gasteiger partial charge in [-0.1, -0.05) is 34.1 Å². The summed E-state index contributed by atoms with van der Waals surface area (Å²) in [5, 5.41) is 9.15. The molecule has 0 amide bonds. The van der Waals surface area contributed by atoms with Crippen LogP contribution in [0.3, 0.4) is 0 Å². The van der Waals surface area contributed by atoms with Crippen LogP contribution >= 0.6 is 15.9 Å². The fourth-order valence-electron chi connectivity index (χ4n) is 1.44. The Bertz CT molecular complexity index is 548. The van der Waals surface area contributed by atoms with Crippen molar-refractivity contribution in [2.24, 2.45) is 0 Å². The second-order valence-corrected chi connectivity index (χ2v) is 4.13. The number of aromatic nitrogens is 1. The summed E-state index contributed by atoms with van der Waals surface area (Å²) in [5.41, 5.74) is 2.46. The number of hydrogen-bond donors (Lipinski definition) is 1. The Kier molecular flexibility index (Phi) is 3.23. The molecule has 0 radical (unpaired) electrons. The highest BCUT2D eigenvalue weighted by molar-refractivity contribution is 9.10. The van der Waals surface area contributed by atoms with E-state index < -0.39 is 0 Å². The molecule has 2 rings (SSSR count). The van der Waals surface area contributed by atoms with E-state index in [9.17, 15) is 0 Å². The summed E-state index contributed by atoms with van der Waals surface area (Å²) in [5.74, 6) is 0. The Morgan fingerprint density at radius 3 is 2.69 bits per heavy atom. The largest absolute Gasteiger partial charge is 0.362 e. The number of benzene rings is 1. The highest BCUT2D eigenvalue weighted by Gasteiger charge is 2.04. The third-order valence-corrected chi connectivity index (χ3v) is 2.90. The lowest BCUT2D eigenvalue weighted by Crippen LogP contribution is -1.83. The zero-order chi connectivity index (χ0) is 11.4. The van der Waals surface area contributed by atoms with Gasteiger partial charge in [-0.2, -0.15) is 5.26 Å². The number of halogens is 1. The first-order valence-electron chi connectivity index (χ1n) is 4.81. The minimum atomic E-state index is 0.634. The Hall–Kier alpha value is -1.79. The summed E-state index contributed by atoms with van der Waals surface area (Å²) in [6.45, 7) is 0. The molecule has 0 atom stereocenters. The zero-order valence-electron chi connectivity index (χ0n) is 8.44. The van der Waals surface area contributed by atoms with Crippen molar-refractivity contribution in [2.75, 3.05) is 0 Å². The normalized spacial score (nSPS) is 11.1. The van der Waals surface area contributed by atoms with E-state index in [0.29, 0.717) is 5.57 Å². The molecular weight excluding hydrogens is 264 g/mol. The van der Waals surface area contributed by atoms with Gasteiger partial charge in [0.25, 0.3) is 0 Å². The molecule has 3 heteroatoms. The van der Waals surface area contributed by atoms with Crippen molar-refractivity contribution in [1.82, 2.24) is 4.98 Å². The van der Waals surface area contributed by atoms with Gasteiger partial charge < -0.3 is 4.98 Å². The molecule has 78 valence electrons.